The van der Waals surface area contributed by atoms with Gasteiger partial charge in [0.05, 0.1) is 12.0 Å². The fourth-order valence-corrected chi connectivity index (χ4v) is 3.56. The van der Waals surface area contributed by atoms with Gasteiger partial charge in [-0.1, -0.05) is 60.7 Å². The molecular formula is C26H22O5. The molecule has 0 saturated heterocycles. The van der Waals surface area contributed by atoms with E-state index < -0.39 is 17.7 Å². The molecule has 1 heterocycles. The van der Waals surface area contributed by atoms with Gasteiger partial charge in [0.25, 0.3) is 0 Å². The predicted octanol–water partition coefficient (Wildman–Crippen LogP) is 5.45. The summed E-state index contributed by atoms with van der Waals surface area (Å²) in [5.41, 5.74) is 2.99. The van der Waals surface area contributed by atoms with Gasteiger partial charge in [0.15, 0.2) is 0 Å². The molecule has 0 saturated carbocycles. The van der Waals surface area contributed by atoms with E-state index in [-0.39, 0.29) is 6.61 Å². The van der Waals surface area contributed by atoms with Gasteiger partial charge in [-0.05, 0) is 37.1 Å². The second kappa shape index (κ2) is 8.88. The minimum atomic E-state index is -0.957. The summed E-state index contributed by atoms with van der Waals surface area (Å²) >= 11 is 0. The highest BCUT2D eigenvalue weighted by Crippen LogP contribution is 2.37. The second-order valence-electron chi connectivity index (χ2n) is 7.14. The van der Waals surface area contributed by atoms with Crippen molar-refractivity contribution in [3.63, 3.8) is 0 Å². The van der Waals surface area contributed by atoms with Gasteiger partial charge >= 0.3 is 11.6 Å². The maximum Gasteiger partial charge on any atom is 0.352 e. The van der Waals surface area contributed by atoms with E-state index in [1.807, 2.05) is 73.7 Å². The van der Waals surface area contributed by atoms with Gasteiger partial charge in [-0.15, -0.1) is 0 Å². The highest BCUT2D eigenvalue weighted by atomic mass is 16.6. The Hall–Kier alpha value is -3.86. The Bertz CT molecular complexity index is 1260. The molecule has 156 valence electrons. The van der Waals surface area contributed by atoms with Gasteiger partial charge in [-0.3, -0.25) is 0 Å². The third-order valence-corrected chi connectivity index (χ3v) is 4.89. The van der Waals surface area contributed by atoms with Gasteiger partial charge in [0, 0.05) is 17.2 Å². The molecule has 1 aromatic heterocycles. The quantitative estimate of drug-likeness (QED) is 0.310. The number of rotatable bonds is 6. The Labute approximate surface area is 179 Å². The van der Waals surface area contributed by atoms with Gasteiger partial charge in [0.2, 0.25) is 6.10 Å². The smallest absolute Gasteiger partial charge is 0.352 e. The molecule has 4 rings (SSSR count). The van der Waals surface area contributed by atoms with E-state index in [0.717, 1.165) is 11.1 Å². The molecule has 0 fully saturated rings. The van der Waals surface area contributed by atoms with E-state index >= 15 is 0 Å². The van der Waals surface area contributed by atoms with Crippen molar-refractivity contribution in [3.8, 4) is 16.9 Å². The second-order valence-corrected chi connectivity index (χ2v) is 7.14. The lowest BCUT2D eigenvalue weighted by atomic mass is 10.00. The SMILES string of the molecule is CCOC(=O)C(Oc1cc(C)cc2oc(=O)cc(-c3ccccc3)c12)c1ccccc1. The minimum Gasteiger partial charge on any atom is -0.473 e. The summed E-state index contributed by atoms with van der Waals surface area (Å²) in [4.78, 5) is 25.0. The molecule has 5 nitrogen and oxygen atoms in total. The third kappa shape index (κ3) is 4.36. The van der Waals surface area contributed by atoms with Gasteiger partial charge in [0.1, 0.15) is 11.3 Å². The van der Waals surface area contributed by atoms with Gasteiger partial charge in [-0.25, -0.2) is 9.59 Å². The summed E-state index contributed by atoms with van der Waals surface area (Å²) in [6.45, 7) is 3.87. The van der Waals surface area contributed by atoms with Crippen LogP contribution in [0.1, 0.15) is 24.2 Å². The Morgan fingerprint density at radius 1 is 0.968 bits per heavy atom. The molecule has 0 aliphatic carbocycles. The first-order chi connectivity index (χ1) is 15.1. The molecule has 0 bridgehead atoms. The Morgan fingerprint density at radius 2 is 1.65 bits per heavy atom. The van der Waals surface area contributed by atoms with E-state index in [2.05, 4.69) is 0 Å². The van der Waals surface area contributed by atoms with E-state index in [9.17, 15) is 9.59 Å². The van der Waals surface area contributed by atoms with Crippen molar-refractivity contribution in [2.75, 3.05) is 6.61 Å². The van der Waals surface area contributed by atoms with Crippen molar-refractivity contribution in [2.45, 2.75) is 20.0 Å². The standard InChI is InChI=1S/C26H22O5/c1-3-29-26(28)25(19-12-8-5-9-13-19)31-22-15-17(2)14-21-24(22)20(16-23(27)30-21)18-10-6-4-7-11-18/h4-16,25H,3H2,1-2H3. The van der Waals surface area contributed by atoms with Crippen LogP contribution in [0.2, 0.25) is 0 Å². The van der Waals surface area contributed by atoms with Crippen LogP contribution in [-0.2, 0) is 9.53 Å². The number of carbonyl (C=O) groups excluding carboxylic acids is 1. The maximum atomic E-state index is 12.8. The molecule has 0 amide bonds. The predicted molar refractivity (Wildman–Crippen MR) is 119 cm³/mol. The average molecular weight is 414 g/mol. The Kier molecular flexibility index (Phi) is 5.85. The van der Waals surface area contributed by atoms with Crippen molar-refractivity contribution in [2.24, 2.45) is 0 Å². The van der Waals surface area contributed by atoms with Crippen LogP contribution in [0.4, 0.5) is 0 Å². The van der Waals surface area contributed by atoms with Crippen LogP contribution in [0.25, 0.3) is 22.1 Å². The van der Waals surface area contributed by atoms with E-state index in [1.165, 1.54) is 6.07 Å². The van der Waals surface area contributed by atoms with Crippen LogP contribution in [0.5, 0.6) is 5.75 Å². The van der Waals surface area contributed by atoms with Crippen molar-refractivity contribution < 1.29 is 18.7 Å². The lowest BCUT2D eigenvalue weighted by Crippen LogP contribution is -2.21. The van der Waals surface area contributed by atoms with E-state index in [0.29, 0.717) is 27.8 Å². The molecule has 0 N–H and O–H groups in total. The summed E-state index contributed by atoms with van der Waals surface area (Å²) in [7, 11) is 0. The van der Waals surface area contributed by atoms with Crippen LogP contribution < -0.4 is 10.4 Å². The van der Waals surface area contributed by atoms with Crippen molar-refractivity contribution in [3.05, 3.63) is 100 Å². The van der Waals surface area contributed by atoms with Gasteiger partial charge < -0.3 is 13.9 Å². The van der Waals surface area contributed by atoms with E-state index in [1.54, 1.807) is 13.0 Å². The summed E-state index contributed by atoms with van der Waals surface area (Å²) in [6, 6.07) is 23.8. The van der Waals surface area contributed by atoms with Crippen molar-refractivity contribution >= 4 is 16.9 Å². The molecule has 4 aromatic rings. The van der Waals surface area contributed by atoms with Crippen LogP contribution in [0, 0.1) is 6.92 Å². The molecule has 3 aromatic carbocycles. The molecule has 31 heavy (non-hydrogen) atoms. The number of aryl methyl sites for hydroxylation is 1. The number of benzene rings is 3. The molecule has 0 radical (unpaired) electrons. The lowest BCUT2D eigenvalue weighted by molar-refractivity contribution is -0.151. The maximum absolute atomic E-state index is 12.8. The largest absolute Gasteiger partial charge is 0.473 e. The minimum absolute atomic E-state index is 0.240. The number of hydrogen-bond donors (Lipinski definition) is 0. The highest BCUT2D eigenvalue weighted by molar-refractivity contribution is 5.98. The topological polar surface area (TPSA) is 65.7 Å². The molecule has 0 spiro atoms. The number of esters is 1. The van der Waals surface area contributed by atoms with E-state index in [4.69, 9.17) is 13.9 Å². The molecule has 0 aliphatic heterocycles. The molecule has 1 atom stereocenters. The number of fused-ring (bicyclic) bond motifs is 1. The zero-order valence-corrected chi connectivity index (χ0v) is 17.3. The molecule has 1 unspecified atom stereocenters. The first-order valence-corrected chi connectivity index (χ1v) is 10.1. The zero-order chi connectivity index (χ0) is 21.8. The summed E-state index contributed by atoms with van der Waals surface area (Å²) in [5.74, 6) is -0.0403. The number of carbonyl (C=O) groups is 1. The normalized spacial score (nSPS) is 11.8. The fraction of sp³-hybridized carbons (Fsp3) is 0.154. The summed E-state index contributed by atoms with van der Waals surface area (Å²) in [6.07, 6.45) is -0.957. The van der Waals surface area contributed by atoms with Crippen LogP contribution in [0.3, 0.4) is 0 Å². The lowest BCUT2D eigenvalue weighted by Gasteiger charge is -2.20. The highest BCUT2D eigenvalue weighted by Gasteiger charge is 2.26. The average Bonchev–Trinajstić information content (AvgIpc) is 2.77. The first-order valence-electron chi connectivity index (χ1n) is 10.1. The Morgan fingerprint density at radius 3 is 2.32 bits per heavy atom. The van der Waals surface area contributed by atoms with Crippen LogP contribution in [0.15, 0.2) is 88.1 Å². The first kappa shape index (κ1) is 20.4. The molecule has 5 heteroatoms. The van der Waals surface area contributed by atoms with Crippen LogP contribution >= 0.6 is 0 Å². The Balaban J connectivity index is 1.92. The summed E-state index contributed by atoms with van der Waals surface area (Å²) < 4.78 is 17.0. The van der Waals surface area contributed by atoms with Gasteiger partial charge in [-0.2, -0.15) is 0 Å². The molecule has 0 aliphatic rings. The van der Waals surface area contributed by atoms with Crippen molar-refractivity contribution in [1.29, 1.82) is 0 Å². The monoisotopic (exact) mass is 414 g/mol. The summed E-state index contributed by atoms with van der Waals surface area (Å²) in [5, 5.41) is 0.627. The third-order valence-electron chi connectivity index (χ3n) is 4.89. The van der Waals surface area contributed by atoms with Crippen LogP contribution in [-0.4, -0.2) is 12.6 Å². The molecular weight excluding hydrogens is 392 g/mol. The van der Waals surface area contributed by atoms with Crippen molar-refractivity contribution in [1.82, 2.24) is 0 Å². The fourth-order valence-electron chi connectivity index (χ4n) is 3.56. The number of hydrogen-bond acceptors (Lipinski definition) is 5. The zero-order valence-electron chi connectivity index (χ0n) is 17.3. The number of ether oxygens (including phenoxy) is 2.